The van der Waals surface area contributed by atoms with Crippen molar-refractivity contribution in [1.29, 1.82) is 0 Å². The zero-order valence-electron chi connectivity index (χ0n) is 12.5. The van der Waals surface area contributed by atoms with E-state index in [1.54, 1.807) is 19.1 Å². The van der Waals surface area contributed by atoms with Gasteiger partial charge in [0, 0.05) is 6.21 Å². The molecule has 0 atom stereocenters. The van der Waals surface area contributed by atoms with E-state index >= 15 is 0 Å². The van der Waals surface area contributed by atoms with Crippen LogP contribution in [0.25, 0.3) is 0 Å². The van der Waals surface area contributed by atoms with E-state index in [4.69, 9.17) is 17.0 Å². The first kappa shape index (κ1) is 16.6. The number of phenols is 1. The van der Waals surface area contributed by atoms with Crippen molar-refractivity contribution in [3.8, 4) is 11.5 Å². The second-order valence-corrected chi connectivity index (χ2v) is 4.82. The van der Waals surface area contributed by atoms with Gasteiger partial charge in [-0.15, -0.1) is 10.2 Å². The summed E-state index contributed by atoms with van der Waals surface area (Å²) in [6, 6.07) is 4.81. The Balaban J connectivity index is 2.07. The number of aromatic hydroxyl groups is 1. The van der Waals surface area contributed by atoms with Crippen LogP contribution in [0, 0.1) is 6.92 Å². The topological polar surface area (TPSA) is 112 Å². The lowest BCUT2D eigenvalue weighted by atomic mass is 10.2. The highest BCUT2D eigenvalue weighted by atomic mass is 32.1. The molecule has 8 nitrogen and oxygen atoms in total. The van der Waals surface area contributed by atoms with Gasteiger partial charge in [0.05, 0.1) is 6.61 Å². The molecule has 0 fully saturated rings. The van der Waals surface area contributed by atoms with Gasteiger partial charge >= 0.3 is 0 Å². The van der Waals surface area contributed by atoms with Crippen molar-refractivity contribution in [2.24, 2.45) is 4.99 Å². The number of thiocarbonyl (C=S) groups is 1. The zero-order valence-corrected chi connectivity index (χ0v) is 13.3. The fourth-order valence-corrected chi connectivity index (χ4v) is 1.75. The van der Waals surface area contributed by atoms with Crippen molar-refractivity contribution >= 4 is 29.5 Å². The monoisotopic (exact) mass is 333 g/mol. The van der Waals surface area contributed by atoms with Crippen LogP contribution in [0.1, 0.15) is 18.2 Å². The second kappa shape index (κ2) is 7.45. The van der Waals surface area contributed by atoms with Gasteiger partial charge in [0.25, 0.3) is 5.56 Å². The molecule has 0 saturated carbocycles. The molecule has 0 spiro atoms. The predicted octanol–water partition coefficient (Wildman–Crippen LogP) is 1.39. The quantitative estimate of drug-likeness (QED) is 0.572. The molecule has 0 amide bonds. The van der Waals surface area contributed by atoms with Gasteiger partial charge in [0.1, 0.15) is 5.69 Å². The van der Waals surface area contributed by atoms with Crippen molar-refractivity contribution in [3.63, 3.8) is 0 Å². The number of aromatic nitrogens is 3. The molecule has 2 rings (SSSR count). The highest BCUT2D eigenvalue weighted by Crippen LogP contribution is 2.26. The van der Waals surface area contributed by atoms with Crippen LogP contribution in [0.2, 0.25) is 0 Å². The highest BCUT2D eigenvalue weighted by molar-refractivity contribution is 7.80. The standard InChI is InChI=1S/C14H15N5O3S/c1-3-22-11-6-9(4-5-10(11)20)7-15-14(23)17-13-16-12(21)8(2)18-19-13/h4-7,20H,3H2,1-2H3,(H2,16,17,19,21,23)/b15-7+. The summed E-state index contributed by atoms with van der Waals surface area (Å²) in [5.41, 5.74) is 0.602. The summed E-state index contributed by atoms with van der Waals surface area (Å²) in [7, 11) is 0. The van der Waals surface area contributed by atoms with Crippen LogP contribution in [0.4, 0.5) is 5.95 Å². The molecule has 0 saturated heterocycles. The van der Waals surface area contributed by atoms with E-state index in [-0.39, 0.29) is 28.1 Å². The number of hydrogen-bond donors (Lipinski definition) is 3. The summed E-state index contributed by atoms with van der Waals surface area (Å²) in [5.74, 6) is 0.532. The molecule has 23 heavy (non-hydrogen) atoms. The van der Waals surface area contributed by atoms with Gasteiger partial charge in [-0.05, 0) is 49.8 Å². The lowest BCUT2D eigenvalue weighted by molar-refractivity contribution is 0.318. The number of phenolic OH excluding ortho intramolecular Hbond substituents is 1. The summed E-state index contributed by atoms with van der Waals surface area (Å²) in [5, 5.41) is 19.8. The molecule has 0 aliphatic rings. The Morgan fingerprint density at radius 3 is 3.00 bits per heavy atom. The number of aryl methyl sites for hydroxylation is 1. The molecule has 0 unspecified atom stereocenters. The number of H-pyrrole nitrogens is 1. The fourth-order valence-electron chi connectivity index (χ4n) is 1.60. The van der Waals surface area contributed by atoms with Crippen LogP contribution in [0.5, 0.6) is 11.5 Å². The van der Waals surface area contributed by atoms with Gasteiger partial charge in [-0.3, -0.25) is 15.1 Å². The largest absolute Gasteiger partial charge is 0.504 e. The van der Waals surface area contributed by atoms with Gasteiger partial charge in [-0.1, -0.05) is 0 Å². The first-order chi connectivity index (χ1) is 11.0. The molecule has 3 N–H and O–H groups in total. The minimum Gasteiger partial charge on any atom is -0.504 e. The van der Waals surface area contributed by atoms with E-state index in [0.717, 1.165) is 0 Å². The lowest BCUT2D eigenvalue weighted by Gasteiger charge is -2.06. The Morgan fingerprint density at radius 1 is 1.52 bits per heavy atom. The van der Waals surface area contributed by atoms with Crippen LogP contribution in [-0.4, -0.2) is 38.2 Å². The number of benzene rings is 1. The number of nitrogens with one attached hydrogen (secondary N) is 2. The normalized spacial score (nSPS) is 10.7. The molecule has 0 radical (unpaired) electrons. The highest BCUT2D eigenvalue weighted by Gasteiger charge is 2.03. The molecule has 1 aromatic heterocycles. The van der Waals surface area contributed by atoms with Gasteiger partial charge in [-0.2, -0.15) is 0 Å². The van der Waals surface area contributed by atoms with E-state index in [0.29, 0.717) is 17.9 Å². The summed E-state index contributed by atoms with van der Waals surface area (Å²) < 4.78 is 5.29. The van der Waals surface area contributed by atoms with E-state index in [1.165, 1.54) is 12.3 Å². The van der Waals surface area contributed by atoms with Crippen molar-refractivity contribution in [2.45, 2.75) is 13.8 Å². The summed E-state index contributed by atoms with van der Waals surface area (Å²) in [4.78, 5) is 17.9. The van der Waals surface area contributed by atoms with Crippen LogP contribution in [0.15, 0.2) is 28.0 Å². The second-order valence-electron chi connectivity index (χ2n) is 4.44. The third-order valence-electron chi connectivity index (χ3n) is 2.70. The maximum Gasteiger partial charge on any atom is 0.273 e. The third kappa shape index (κ3) is 4.58. The zero-order chi connectivity index (χ0) is 16.8. The number of aliphatic imine (C=N–C) groups is 1. The van der Waals surface area contributed by atoms with E-state index in [9.17, 15) is 9.90 Å². The first-order valence-electron chi connectivity index (χ1n) is 6.74. The summed E-state index contributed by atoms with van der Waals surface area (Å²) in [6.45, 7) is 3.81. The average molecular weight is 333 g/mol. The lowest BCUT2D eigenvalue weighted by Crippen LogP contribution is -2.19. The van der Waals surface area contributed by atoms with Gasteiger partial charge in [-0.25, -0.2) is 4.99 Å². The maximum atomic E-state index is 11.4. The molecule has 0 aliphatic carbocycles. The molecule has 1 heterocycles. The molecule has 2 aromatic rings. The summed E-state index contributed by atoms with van der Waals surface area (Å²) >= 11 is 5.04. The van der Waals surface area contributed by atoms with Crippen LogP contribution < -0.4 is 15.6 Å². The Kier molecular flexibility index (Phi) is 5.36. The molecule has 0 bridgehead atoms. The number of ether oxygens (including phenoxy) is 1. The van der Waals surface area contributed by atoms with E-state index in [2.05, 4.69) is 25.5 Å². The third-order valence-corrected chi connectivity index (χ3v) is 2.91. The first-order valence-corrected chi connectivity index (χ1v) is 7.15. The Labute approximate surface area is 137 Å². The van der Waals surface area contributed by atoms with Crippen molar-refractivity contribution in [2.75, 3.05) is 11.9 Å². The minimum atomic E-state index is -0.353. The van der Waals surface area contributed by atoms with Gasteiger partial charge in [0.2, 0.25) is 5.95 Å². The SMILES string of the molecule is CCOc1cc(/C=N/C(=S)Nc2nnc(C)c(=O)[nH]2)ccc1O. The predicted molar refractivity (Wildman–Crippen MR) is 90.5 cm³/mol. The molecule has 1 aromatic carbocycles. The minimum absolute atomic E-state index is 0.0530. The molecular weight excluding hydrogens is 318 g/mol. The van der Waals surface area contributed by atoms with Crippen molar-refractivity contribution < 1.29 is 9.84 Å². The number of aromatic amines is 1. The van der Waals surface area contributed by atoms with Crippen molar-refractivity contribution in [1.82, 2.24) is 15.2 Å². The molecular formula is C14H15N5O3S. The van der Waals surface area contributed by atoms with Crippen molar-refractivity contribution in [3.05, 3.63) is 39.8 Å². The van der Waals surface area contributed by atoms with E-state index < -0.39 is 0 Å². The number of nitrogens with zero attached hydrogens (tertiary/aromatic N) is 3. The Hall–Kier alpha value is -2.81. The van der Waals surface area contributed by atoms with Crippen LogP contribution >= 0.6 is 12.2 Å². The number of hydrogen-bond acceptors (Lipinski definition) is 6. The molecule has 120 valence electrons. The number of rotatable bonds is 4. The van der Waals surface area contributed by atoms with Gasteiger partial charge in [0.15, 0.2) is 16.6 Å². The Bertz CT molecular complexity index is 803. The molecule has 9 heteroatoms. The maximum absolute atomic E-state index is 11.4. The number of anilines is 1. The van der Waals surface area contributed by atoms with Crippen LogP contribution in [-0.2, 0) is 0 Å². The van der Waals surface area contributed by atoms with Gasteiger partial charge < -0.3 is 9.84 Å². The Morgan fingerprint density at radius 2 is 2.30 bits per heavy atom. The van der Waals surface area contributed by atoms with Crippen LogP contribution in [0.3, 0.4) is 0 Å². The fraction of sp³-hybridized carbons (Fsp3) is 0.214. The summed E-state index contributed by atoms with van der Waals surface area (Å²) in [6.07, 6.45) is 1.50. The average Bonchev–Trinajstić information content (AvgIpc) is 2.52. The smallest absolute Gasteiger partial charge is 0.273 e. The van der Waals surface area contributed by atoms with E-state index in [1.807, 2.05) is 6.92 Å². The molecule has 0 aliphatic heterocycles.